The highest BCUT2D eigenvalue weighted by atomic mass is 16.5. The smallest absolute Gasteiger partial charge is 0.122 e. The molecule has 17 heavy (non-hydrogen) atoms. The first kappa shape index (κ1) is 12.4. The van der Waals surface area contributed by atoms with Crippen molar-refractivity contribution in [1.29, 1.82) is 0 Å². The van der Waals surface area contributed by atoms with Crippen LogP contribution in [0.2, 0.25) is 0 Å². The molecule has 0 unspecified atom stereocenters. The zero-order chi connectivity index (χ0) is 12.1. The Labute approximate surface area is 104 Å². The molecule has 1 aromatic rings. The predicted molar refractivity (Wildman–Crippen MR) is 71.7 cm³/mol. The van der Waals surface area contributed by atoms with Crippen LogP contribution in [0.1, 0.15) is 37.8 Å². The highest BCUT2D eigenvalue weighted by Crippen LogP contribution is 2.26. The molecule has 1 aromatic carbocycles. The number of unbranched alkanes of at least 4 members (excludes halogenated alkanes) is 1. The van der Waals surface area contributed by atoms with E-state index in [1.165, 1.54) is 30.4 Å². The SMILES string of the molecule is CC(C)NCCCCc1ccc2c(c1)CCO2. The molecule has 1 N–H and O–H groups in total. The van der Waals surface area contributed by atoms with Crippen molar-refractivity contribution < 1.29 is 4.74 Å². The minimum absolute atomic E-state index is 0.604. The van der Waals surface area contributed by atoms with E-state index in [4.69, 9.17) is 4.74 Å². The van der Waals surface area contributed by atoms with Crippen LogP contribution in [0.4, 0.5) is 0 Å². The molecule has 0 atom stereocenters. The van der Waals surface area contributed by atoms with E-state index in [1.807, 2.05) is 0 Å². The Morgan fingerprint density at radius 3 is 3.00 bits per heavy atom. The average molecular weight is 233 g/mol. The Balaban J connectivity index is 1.72. The van der Waals surface area contributed by atoms with Crippen molar-refractivity contribution in [2.24, 2.45) is 0 Å². The van der Waals surface area contributed by atoms with Gasteiger partial charge in [0.05, 0.1) is 6.61 Å². The molecule has 0 amide bonds. The third-order valence-corrected chi connectivity index (χ3v) is 3.20. The van der Waals surface area contributed by atoms with E-state index < -0.39 is 0 Å². The van der Waals surface area contributed by atoms with E-state index in [2.05, 4.69) is 37.4 Å². The van der Waals surface area contributed by atoms with E-state index in [9.17, 15) is 0 Å². The molecule has 0 spiro atoms. The van der Waals surface area contributed by atoms with Gasteiger partial charge in [-0.3, -0.25) is 0 Å². The molecule has 1 aliphatic rings. The number of rotatable bonds is 6. The first-order valence-electron chi connectivity index (χ1n) is 6.73. The fraction of sp³-hybridized carbons (Fsp3) is 0.600. The van der Waals surface area contributed by atoms with E-state index in [-0.39, 0.29) is 0 Å². The van der Waals surface area contributed by atoms with Crippen molar-refractivity contribution in [3.63, 3.8) is 0 Å². The van der Waals surface area contributed by atoms with Gasteiger partial charge in [0.15, 0.2) is 0 Å². The summed E-state index contributed by atoms with van der Waals surface area (Å²) < 4.78 is 5.51. The maximum atomic E-state index is 5.51. The second-order valence-electron chi connectivity index (χ2n) is 5.11. The highest BCUT2D eigenvalue weighted by Gasteiger charge is 2.11. The molecule has 94 valence electrons. The molecule has 0 radical (unpaired) electrons. The third-order valence-electron chi connectivity index (χ3n) is 3.20. The summed E-state index contributed by atoms with van der Waals surface area (Å²) in [6.07, 6.45) is 4.79. The molecule has 1 heterocycles. The van der Waals surface area contributed by atoms with Crippen LogP contribution < -0.4 is 10.1 Å². The monoisotopic (exact) mass is 233 g/mol. The highest BCUT2D eigenvalue weighted by molar-refractivity contribution is 5.39. The van der Waals surface area contributed by atoms with Crippen LogP contribution >= 0.6 is 0 Å². The average Bonchev–Trinajstić information content (AvgIpc) is 2.75. The van der Waals surface area contributed by atoms with Crippen molar-refractivity contribution >= 4 is 0 Å². The lowest BCUT2D eigenvalue weighted by Crippen LogP contribution is -2.23. The second kappa shape index (κ2) is 6.06. The molecule has 0 aromatic heterocycles. The van der Waals surface area contributed by atoms with E-state index in [0.717, 1.165) is 25.3 Å². The van der Waals surface area contributed by atoms with Gasteiger partial charge in [0.2, 0.25) is 0 Å². The van der Waals surface area contributed by atoms with Crippen LogP contribution in [0, 0.1) is 0 Å². The van der Waals surface area contributed by atoms with Crippen LogP contribution in [-0.4, -0.2) is 19.2 Å². The topological polar surface area (TPSA) is 21.3 Å². The van der Waals surface area contributed by atoms with Crippen LogP contribution in [-0.2, 0) is 12.8 Å². The zero-order valence-electron chi connectivity index (χ0n) is 11.0. The maximum Gasteiger partial charge on any atom is 0.122 e. The molecule has 1 aliphatic heterocycles. The van der Waals surface area contributed by atoms with E-state index in [0.29, 0.717) is 6.04 Å². The van der Waals surface area contributed by atoms with Gasteiger partial charge in [-0.25, -0.2) is 0 Å². The lowest BCUT2D eigenvalue weighted by atomic mass is 10.0. The number of benzene rings is 1. The lowest BCUT2D eigenvalue weighted by molar-refractivity contribution is 0.357. The number of ether oxygens (including phenoxy) is 1. The van der Waals surface area contributed by atoms with Crippen LogP contribution in [0.15, 0.2) is 18.2 Å². The molecular formula is C15H23NO. The van der Waals surface area contributed by atoms with Gasteiger partial charge < -0.3 is 10.1 Å². The van der Waals surface area contributed by atoms with Gasteiger partial charge in [-0.15, -0.1) is 0 Å². The Kier molecular flexibility index (Phi) is 4.43. The summed E-state index contributed by atoms with van der Waals surface area (Å²) in [6, 6.07) is 7.26. The molecule has 2 nitrogen and oxygen atoms in total. The number of aryl methyl sites for hydroxylation is 1. The number of nitrogens with one attached hydrogen (secondary N) is 1. The summed E-state index contributed by atoms with van der Waals surface area (Å²) in [6.45, 7) is 6.38. The maximum absolute atomic E-state index is 5.51. The Morgan fingerprint density at radius 2 is 2.18 bits per heavy atom. The van der Waals surface area contributed by atoms with Crippen LogP contribution in [0.3, 0.4) is 0 Å². The number of hydrogen-bond donors (Lipinski definition) is 1. The molecule has 0 aliphatic carbocycles. The first-order valence-corrected chi connectivity index (χ1v) is 6.73. The summed E-state index contributed by atoms with van der Waals surface area (Å²) in [7, 11) is 0. The summed E-state index contributed by atoms with van der Waals surface area (Å²) in [5, 5.41) is 3.45. The van der Waals surface area contributed by atoms with Crippen molar-refractivity contribution in [3.05, 3.63) is 29.3 Å². The quantitative estimate of drug-likeness (QED) is 0.763. The summed E-state index contributed by atoms with van der Waals surface area (Å²) >= 11 is 0. The normalized spacial score (nSPS) is 13.8. The third kappa shape index (κ3) is 3.74. The molecule has 0 bridgehead atoms. The fourth-order valence-electron chi connectivity index (χ4n) is 2.24. The van der Waals surface area contributed by atoms with Gasteiger partial charge in [-0.05, 0) is 43.0 Å². The van der Waals surface area contributed by atoms with Crippen LogP contribution in [0.25, 0.3) is 0 Å². The second-order valence-corrected chi connectivity index (χ2v) is 5.11. The standard InChI is InChI=1S/C15H23NO/c1-12(2)16-9-4-3-5-13-6-7-15-14(11-13)8-10-17-15/h6-7,11-12,16H,3-5,8-10H2,1-2H3. The van der Waals surface area contributed by atoms with Crippen LogP contribution in [0.5, 0.6) is 5.75 Å². The molecule has 2 heteroatoms. The predicted octanol–water partition coefficient (Wildman–Crippen LogP) is 2.94. The van der Waals surface area contributed by atoms with Gasteiger partial charge in [-0.2, -0.15) is 0 Å². The fourth-order valence-corrected chi connectivity index (χ4v) is 2.24. The Hall–Kier alpha value is -1.02. The number of fused-ring (bicyclic) bond motifs is 1. The molecule has 0 saturated carbocycles. The summed E-state index contributed by atoms with van der Waals surface area (Å²) in [5.74, 6) is 1.09. The minimum atomic E-state index is 0.604. The van der Waals surface area contributed by atoms with E-state index in [1.54, 1.807) is 0 Å². The van der Waals surface area contributed by atoms with Crippen molar-refractivity contribution in [1.82, 2.24) is 5.32 Å². The van der Waals surface area contributed by atoms with E-state index >= 15 is 0 Å². The van der Waals surface area contributed by atoms with Gasteiger partial charge in [-0.1, -0.05) is 26.0 Å². The Bertz CT molecular complexity index is 360. The molecule has 0 saturated heterocycles. The first-order chi connectivity index (χ1) is 8.25. The zero-order valence-corrected chi connectivity index (χ0v) is 11.0. The van der Waals surface area contributed by atoms with Gasteiger partial charge in [0, 0.05) is 12.5 Å². The van der Waals surface area contributed by atoms with Crippen molar-refractivity contribution in [2.75, 3.05) is 13.2 Å². The largest absolute Gasteiger partial charge is 0.493 e. The molecule has 2 rings (SSSR count). The summed E-state index contributed by atoms with van der Waals surface area (Å²) in [4.78, 5) is 0. The summed E-state index contributed by atoms with van der Waals surface area (Å²) in [5.41, 5.74) is 2.85. The minimum Gasteiger partial charge on any atom is -0.493 e. The lowest BCUT2D eigenvalue weighted by Gasteiger charge is -2.08. The molecule has 0 fully saturated rings. The van der Waals surface area contributed by atoms with Gasteiger partial charge in [0.1, 0.15) is 5.75 Å². The Morgan fingerprint density at radius 1 is 1.29 bits per heavy atom. The van der Waals surface area contributed by atoms with Crippen molar-refractivity contribution in [3.8, 4) is 5.75 Å². The van der Waals surface area contributed by atoms with Gasteiger partial charge in [0.25, 0.3) is 0 Å². The van der Waals surface area contributed by atoms with Gasteiger partial charge >= 0.3 is 0 Å². The number of hydrogen-bond acceptors (Lipinski definition) is 2. The molecular weight excluding hydrogens is 210 g/mol. The van der Waals surface area contributed by atoms with Crippen molar-refractivity contribution in [2.45, 2.75) is 45.6 Å².